The van der Waals surface area contributed by atoms with E-state index >= 15 is 0 Å². The molecule has 0 atom stereocenters. The van der Waals surface area contributed by atoms with Crippen LogP contribution in [0, 0.1) is 12.7 Å². The minimum atomic E-state index is -1.01. The van der Waals surface area contributed by atoms with Crippen molar-refractivity contribution in [1.82, 2.24) is 4.57 Å². The molecule has 3 aromatic rings. The van der Waals surface area contributed by atoms with Crippen molar-refractivity contribution in [2.24, 2.45) is 0 Å². The molecule has 0 amide bonds. The molecule has 0 radical (unpaired) electrons. The molecule has 0 fully saturated rings. The van der Waals surface area contributed by atoms with Crippen LogP contribution in [0.4, 0.5) is 4.39 Å². The summed E-state index contributed by atoms with van der Waals surface area (Å²) in [5.74, 6) is -1.34. The molecule has 116 valence electrons. The van der Waals surface area contributed by atoms with Crippen LogP contribution < -0.4 is 0 Å². The van der Waals surface area contributed by atoms with Crippen LogP contribution in [0.15, 0.2) is 54.7 Å². The standard InChI is InChI=1S/C18H13ClFNO2/c1-11-17(18(22)23)16(12-2-4-13(19)5-3-12)10-21(11)15-8-6-14(20)7-9-15/h2-10H,1H3,(H,22,23). The summed E-state index contributed by atoms with van der Waals surface area (Å²) in [5, 5.41) is 10.2. The summed E-state index contributed by atoms with van der Waals surface area (Å²) in [6, 6.07) is 12.9. The summed E-state index contributed by atoms with van der Waals surface area (Å²) in [6.07, 6.45) is 1.75. The first-order chi connectivity index (χ1) is 11.0. The van der Waals surface area contributed by atoms with Gasteiger partial charge in [-0.1, -0.05) is 23.7 Å². The van der Waals surface area contributed by atoms with E-state index in [4.69, 9.17) is 11.6 Å². The average Bonchev–Trinajstić information content (AvgIpc) is 2.86. The monoisotopic (exact) mass is 329 g/mol. The molecule has 5 heteroatoms. The van der Waals surface area contributed by atoms with E-state index in [1.165, 1.54) is 12.1 Å². The van der Waals surface area contributed by atoms with E-state index < -0.39 is 5.97 Å². The van der Waals surface area contributed by atoms with Gasteiger partial charge < -0.3 is 9.67 Å². The van der Waals surface area contributed by atoms with Crippen LogP contribution in [0.3, 0.4) is 0 Å². The fourth-order valence-corrected chi connectivity index (χ4v) is 2.72. The third-order valence-corrected chi connectivity index (χ3v) is 3.98. The van der Waals surface area contributed by atoms with Crippen LogP contribution in [0.5, 0.6) is 0 Å². The summed E-state index contributed by atoms with van der Waals surface area (Å²) >= 11 is 5.89. The highest BCUT2D eigenvalue weighted by Crippen LogP contribution is 2.31. The molecule has 0 bridgehead atoms. The topological polar surface area (TPSA) is 42.2 Å². The summed E-state index contributed by atoms with van der Waals surface area (Å²) < 4.78 is 14.8. The Bertz CT molecular complexity index is 867. The maximum Gasteiger partial charge on any atom is 0.338 e. The number of aromatic nitrogens is 1. The second-order valence-electron chi connectivity index (χ2n) is 5.16. The van der Waals surface area contributed by atoms with Gasteiger partial charge in [0.15, 0.2) is 0 Å². The molecule has 1 aromatic heterocycles. The number of halogens is 2. The lowest BCUT2D eigenvalue weighted by Gasteiger charge is -2.06. The maximum atomic E-state index is 13.1. The quantitative estimate of drug-likeness (QED) is 0.739. The molecule has 3 rings (SSSR count). The van der Waals surface area contributed by atoms with E-state index in [9.17, 15) is 14.3 Å². The zero-order valence-electron chi connectivity index (χ0n) is 12.3. The van der Waals surface area contributed by atoms with Gasteiger partial charge in [0.1, 0.15) is 5.82 Å². The molecule has 1 heterocycles. The average molecular weight is 330 g/mol. The van der Waals surface area contributed by atoms with Crippen molar-refractivity contribution in [3.63, 3.8) is 0 Å². The molecule has 0 aliphatic carbocycles. The van der Waals surface area contributed by atoms with Gasteiger partial charge in [0.05, 0.1) is 5.56 Å². The number of aromatic carboxylic acids is 1. The van der Waals surface area contributed by atoms with Gasteiger partial charge >= 0.3 is 5.97 Å². The van der Waals surface area contributed by atoms with Crippen molar-refractivity contribution in [3.8, 4) is 16.8 Å². The van der Waals surface area contributed by atoms with Crippen LogP contribution in [0.2, 0.25) is 5.02 Å². The smallest absolute Gasteiger partial charge is 0.338 e. The highest BCUT2D eigenvalue weighted by Gasteiger charge is 2.20. The normalized spacial score (nSPS) is 10.7. The lowest BCUT2D eigenvalue weighted by Crippen LogP contribution is -2.02. The summed E-state index contributed by atoms with van der Waals surface area (Å²) in [4.78, 5) is 11.7. The molecule has 3 nitrogen and oxygen atoms in total. The van der Waals surface area contributed by atoms with Crippen LogP contribution >= 0.6 is 11.6 Å². The fraction of sp³-hybridized carbons (Fsp3) is 0.0556. The van der Waals surface area contributed by atoms with Crippen molar-refractivity contribution in [2.75, 3.05) is 0 Å². The van der Waals surface area contributed by atoms with Crippen molar-refractivity contribution >= 4 is 17.6 Å². The molecule has 23 heavy (non-hydrogen) atoms. The van der Waals surface area contributed by atoms with E-state index in [1.807, 2.05) is 0 Å². The lowest BCUT2D eigenvalue weighted by atomic mass is 10.0. The van der Waals surface area contributed by atoms with Crippen molar-refractivity contribution in [3.05, 3.63) is 76.8 Å². The first-order valence-corrected chi connectivity index (χ1v) is 7.32. The second kappa shape index (κ2) is 5.89. The van der Waals surface area contributed by atoms with Gasteiger partial charge in [-0.15, -0.1) is 0 Å². The number of carboxylic acids is 1. The third kappa shape index (κ3) is 2.85. The molecule has 0 aliphatic rings. The van der Waals surface area contributed by atoms with Gasteiger partial charge in [-0.3, -0.25) is 0 Å². The number of hydrogen-bond acceptors (Lipinski definition) is 1. The molecule has 0 unspecified atom stereocenters. The summed E-state index contributed by atoms with van der Waals surface area (Å²) in [5.41, 5.74) is 2.85. The number of carbonyl (C=O) groups is 1. The molecular formula is C18H13ClFNO2. The Labute approximate surface area is 137 Å². The molecular weight excluding hydrogens is 317 g/mol. The van der Waals surface area contributed by atoms with Gasteiger partial charge in [0.25, 0.3) is 0 Å². The Morgan fingerprint density at radius 2 is 1.70 bits per heavy atom. The number of nitrogens with zero attached hydrogens (tertiary/aromatic N) is 1. The Morgan fingerprint density at radius 3 is 2.26 bits per heavy atom. The molecule has 1 N–H and O–H groups in total. The predicted octanol–water partition coefficient (Wildman–Crippen LogP) is 4.94. The highest BCUT2D eigenvalue weighted by molar-refractivity contribution is 6.30. The van der Waals surface area contributed by atoms with Gasteiger partial charge in [-0.25, -0.2) is 9.18 Å². The zero-order chi connectivity index (χ0) is 16.6. The zero-order valence-corrected chi connectivity index (χ0v) is 13.0. The van der Waals surface area contributed by atoms with E-state index in [1.54, 1.807) is 54.1 Å². The predicted molar refractivity (Wildman–Crippen MR) is 87.9 cm³/mol. The van der Waals surface area contributed by atoms with Crippen molar-refractivity contribution in [1.29, 1.82) is 0 Å². The Morgan fingerprint density at radius 1 is 1.09 bits per heavy atom. The molecule has 0 saturated heterocycles. The largest absolute Gasteiger partial charge is 0.478 e. The molecule has 0 saturated carbocycles. The van der Waals surface area contributed by atoms with E-state index in [2.05, 4.69) is 0 Å². The molecule has 0 spiro atoms. The summed E-state index contributed by atoms with van der Waals surface area (Å²) in [6.45, 7) is 1.73. The van der Waals surface area contributed by atoms with E-state index in [-0.39, 0.29) is 11.4 Å². The van der Waals surface area contributed by atoms with Crippen LogP contribution in [0.1, 0.15) is 16.1 Å². The Hall–Kier alpha value is -2.59. The third-order valence-electron chi connectivity index (χ3n) is 3.72. The molecule has 0 aliphatic heterocycles. The summed E-state index contributed by atoms with van der Waals surface area (Å²) in [7, 11) is 0. The molecule has 2 aromatic carbocycles. The van der Waals surface area contributed by atoms with Crippen molar-refractivity contribution in [2.45, 2.75) is 6.92 Å². The minimum Gasteiger partial charge on any atom is -0.478 e. The number of benzene rings is 2. The highest BCUT2D eigenvalue weighted by atomic mass is 35.5. The van der Waals surface area contributed by atoms with Gasteiger partial charge in [-0.2, -0.15) is 0 Å². The van der Waals surface area contributed by atoms with Crippen molar-refractivity contribution < 1.29 is 14.3 Å². The lowest BCUT2D eigenvalue weighted by molar-refractivity contribution is 0.0697. The van der Waals surface area contributed by atoms with Gasteiger partial charge in [0, 0.05) is 28.2 Å². The van der Waals surface area contributed by atoms with Crippen LogP contribution in [-0.2, 0) is 0 Å². The fourth-order valence-electron chi connectivity index (χ4n) is 2.59. The number of rotatable bonds is 3. The number of hydrogen-bond donors (Lipinski definition) is 1. The first-order valence-electron chi connectivity index (χ1n) is 6.94. The van der Waals surface area contributed by atoms with Crippen LogP contribution in [-0.4, -0.2) is 15.6 Å². The van der Waals surface area contributed by atoms with Crippen LogP contribution in [0.25, 0.3) is 16.8 Å². The minimum absolute atomic E-state index is 0.219. The Kier molecular flexibility index (Phi) is 3.92. The second-order valence-corrected chi connectivity index (χ2v) is 5.60. The van der Waals surface area contributed by atoms with Gasteiger partial charge in [0.2, 0.25) is 0 Å². The van der Waals surface area contributed by atoms with E-state index in [0.29, 0.717) is 22.0 Å². The Balaban J connectivity index is 2.20. The SMILES string of the molecule is Cc1c(C(=O)O)c(-c2ccc(Cl)cc2)cn1-c1ccc(F)cc1. The number of carboxylic acid groups (broad SMARTS) is 1. The van der Waals surface area contributed by atoms with E-state index in [0.717, 1.165) is 5.56 Å². The van der Waals surface area contributed by atoms with Gasteiger partial charge in [-0.05, 0) is 48.9 Å². The maximum absolute atomic E-state index is 13.1. The first kappa shape index (κ1) is 15.3.